The van der Waals surface area contributed by atoms with Crippen LogP contribution in [-0.4, -0.2) is 72.8 Å². The van der Waals surface area contributed by atoms with Crippen molar-refractivity contribution in [3.8, 4) is 11.5 Å². The molecule has 3 heterocycles. The Bertz CT molecular complexity index is 1110. The molecule has 3 aliphatic heterocycles. The van der Waals surface area contributed by atoms with Crippen molar-refractivity contribution < 1.29 is 28.2 Å². The lowest BCUT2D eigenvalue weighted by Gasteiger charge is -2.48. The maximum absolute atomic E-state index is 12.9. The summed E-state index contributed by atoms with van der Waals surface area (Å²) in [5.41, 5.74) is 6.51. The Kier molecular flexibility index (Phi) is 9.47. The van der Waals surface area contributed by atoms with Crippen molar-refractivity contribution >= 4 is 18.0 Å². The minimum Gasteiger partial charge on any atom is -0.454 e. The van der Waals surface area contributed by atoms with E-state index in [0.717, 1.165) is 71.1 Å². The van der Waals surface area contributed by atoms with Crippen LogP contribution in [0, 0.1) is 5.82 Å². The fourth-order valence-electron chi connectivity index (χ4n) is 5.42. The van der Waals surface area contributed by atoms with E-state index in [1.165, 1.54) is 18.6 Å². The van der Waals surface area contributed by atoms with E-state index >= 15 is 0 Å². The third-order valence-electron chi connectivity index (χ3n) is 7.68. The summed E-state index contributed by atoms with van der Waals surface area (Å²) in [6.07, 6.45) is 7.07. The normalized spacial score (nSPS) is 18.8. The van der Waals surface area contributed by atoms with Crippen molar-refractivity contribution in [3.05, 3.63) is 59.4 Å². The minimum absolute atomic E-state index is 0.0480. The van der Waals surface area contributed by atoms with Gasteiger partial charge >= 0.3 is 0 Å². The predicted molar refractivity (Wildman–Crippen MR) is 141 cm³/mol. The second-order valence-electron chi connectivity index (χ2n) is 10.0. The first kappa shape index (κ1) is 27.7. The Morgan fingerprint density at radius 2 is 1.63 bits per heavy atom. The zero-order valence-electron chi connectivity index (χ0n) is 21.7. The minimum atomic E-state index is -0.485. The highest BCUT2D eigenvalue weighted by Gasteiger charge is 2.44. The number of carbonyl (C=O) groups excluding carboxylic acids is 3. The van der Waals surface area contributed by atoms with E-state index in [0.29, 0.717) is 29.0 Å². The van der Waals surface area contributed by atoms with Gasteiger partial charge < -0.3 is 20.1 Å². The SMILES string of the molecule is NC(=O)C1(N2CCCCC2)CCN(CCCC(=O)c2ccc(F)cc2)CC1.O=Cc1ccc2c(c1)OCO2. The molecule has 0 saturated carbocycles. The number of nitrogens with zero attached hydrogens (tertiary/aromatic N) is 2. The summed E-state index contributed by atoms with van der Waals surface area (Å²) in [6, 6.07) is 10.8. The lowest BCUT2D eigenvalue weighted by Crippen LogP contribution is -2.63. The quantitative estimate of drug-likeness (QED) is 0.413. The number of amides is 1. The van der Waals surface area contributed by atoms with Gasteiger partial charge in [-0.3, -0.25) is 19.3 Å². The molecule has 0 atom stereocenters. The molecule has 0 unspecified atom stereocenters. The van der Waals surface area contributed by atoms with Crippen LogP contribution in [0.3, 0.4) is 0 Å². The predicted octanol–water partition coefficient (Wildman–Crippen LogP) is 3.82. The summed E-state index contributed by atoms with van der Waals surface area (Å²) in [7, 11) is 0. The van der Waals surface area contributed by atoms with Crippen LogP contribution in [0.2, 0.25) is 0 Å². The van der Waals surface area contributed by atoms with Gasteiger partial charge in [0, 0.05) is 30.6 Å². The number of fused-ring (bicyclic) bond motifs is 1. The number of piperidine rings is 2. The molecule has 2 fully saturated rings. The highest BCUT2D eigenvalue weighted by atomic mass is 19.1. The monoisotopic (exact) mass is 525 g/mol. The van der Waals surface area contributed by atoms with Crippen LogP contribution in [0.5, 0.6) is 11.5 Å². The molecule has 2 aromatic rings. The van der Waals surface area contributed by atoms with Crippen LogP contribution in [-0.2, 0) is 4.79 Å². The Balaban J connectivity index is 0.000000253. The Morgan fingerprint density at radius 1 is 0.947 bits per heavy atom. The molecule has 0 radical (unpaired) electrons. The number of Topliss-reactive ketones (excluding diaryl/α,β-unsaturated/α-hetero) is 1. The average Bonchev–Trinajstić information content (AvgIpc) is 3.42. The van der Waals surface area contributed by atoms with Gasteiger partial charge in [-0.15, -0.1) is 0 Å². The molecule has 204 valence electrons. The Hall–Kier alpha value is -3.30. The summed E-state index contributed by atoms with van der Waals surface area (Å²) >= 11 is 0. The molecular weight excluding hydrogens is 489 g/mol. The lowest BCUT2D eigenvalue weighted by molar-refractivity contribution is -0.134. The molecule has 0 aliphatic carbocycles. The molecule has 1 amide bonds. The summed E-state index contributed by atoms with van der Waals surface area (Å²) in [4.78, 5) is 39.4. The lowest BCUT2D eigenvalue weighted by atomic mass is 9.83. The van der Waals surface area contributed by atoms with Crippen LogP contribution >= 0.6 is 0 Å². The molecule has 38 heavy (non-hydrogen) atoms. The number of aldehydes is 1. The largest absolute Gasteiger partial charge is 0.454 e. The fourth-order valence-corrected chi connectivity index (χ4v) is 5.42. The van der Waals surface area contributed by atoms with Gasteiger partial charge in [0.15, 0.2) is 17.3 Å². The first-order valence-corrected chi connectivity index (χ1v) is 13.3. The number of benzene rings is 2. The first-order chi connectivity index (χ1) is 18.4. The van der Waals surface area contributed by atoms with Crippen molar-refractivity contribution in [2.45, 2.75) is 50.5 Å². The van der Waals surface area contributed by atoms with E-state index in [9.17, 15) is 18.8 Å². The van der Waals surface area contributed by atoms with E-state index in [1.807, 2.05) is 0 Å². The number of ether oxygens (including phenoxy) is 2. The molecule has 2 N–H and O–H groups in total. The molecule has 2 aromatic carbocycles. The number of carbonyl (C=O) groups is 3. The molecule has 2 saturated heterocycles. The standard InChI is InChI=1S/C21H30FN3O2.C8H6O3/c22-18-8-6-17(7-9-18)19(26)5-4-12-24-15-10-21(11-16-24,20(23)27)25-13-2-1-3-14-25;9-4-6-1-2-7-8(3-6)11-5-10-7/h6-9H,1-5,10-16H2,(H2,23,27);1-4H,5H2. The first-order valence-electron chi connectivity index (χ1n) is 13.3. The second-order valence-corrected chi connectivity index (χ2v) is 10.0. The summed E-state index contributed by atoms with van der Waals surface area (Å²) in [5.74, 6) is 0.888. The molecule has 0 bridgehead atoms. The van der Waals surface area contributed by atoms with Gasteiger partial charge in [0.2, 0.25) is 12.7 Å². The number of rotatable bonds is 8. The number of halogens is 1. The van der Waals surface area contributed by atoms with Crippen molar-refractivity contribution in [2.75, 3.05) is 39.5 Å². The summed E-state index contributed by atoms with van der Waals surface area (Å²) in [6.45, 7) is 4.69. The maximum Gasteiger partial charge on any atom is 0.238 e. The Morgan fingerprint density at radius 3 is 2.29 bits per heavy atom. The zero-order valence-corrected chi connectivity index (χ0v) is 21.7. The van der Waals surface area contributed by atoms with Crippen molar-refractivity contribution in [1.82, 2.24) is 9.80 Å². The molecule has 5 rings (SSSR count). The van der Waals surface area contributed by atoms with Crippen LogP contribution in [0.1, 0.15) is 65.7 Å². The van der Waals surface area contributed by atoms with E-state index < -0.39 is 5.54 Å². The van der Waals surface area contributed by atoms with Crippen molar-refractivity contribution in [3.63, 3.8) is 0 Å². The van der Waals surface area contributed by atoms with E-state index in [-0.39, 0.29) is 24.3 Å². The van der Waals surface area contributed by atoms with Crippen LogP contribution in [0.15, 0.2) is 42.5 Å². The molecule has 0 aromatic heterocycles. The highest BCUT2D eigenvalue weighted by Crippen LogP contribution is 2.32. The number of ketones is 1. The number of likely N-dealkylation sites (tertiary alicyclic amines) is 2. The third kappa shape index (κ3) is 6.76. The van der Waals surface area contributed by atoms with Gasteiger partial charge in [0.25, 0.3) is 0 Å². The van der Waals surface area contributed by atoms with Crippen LogP contribution in [0.4, 0.5) is 4.39 Å². The van der Waals surface area contributed by atoms with Crippen molar-refractivity contribution in [1.29, 1.82) is 0 Å². The Labute approximate surface area is 222 Å². The third-order valence-corrected chi connectivity index (χ3v) is 7.68. The van der Waals surface area contributed by atoms with Crippen LogP contribution < -0.4 is 15.2 Å². The van der Waals surface area contributed by atoms with Crippen molar-refractivity contribution in [2.24, 2.45) is 5.73 Å². The van der Waals surface area contributed by atoms with Crippen LogP contribution in [0.25, 0.3) is 0 Å². The molecule has 9 heteroatoms. The number of hydrogen-bond donors (Lipinski definition) is 1. The van der Waals surface area contributed by atoms with Gasteiger partial charge in [-0.2, -0.15) is 0 Å². The molecule has 3 aliphatic rings. The number of primary amides is 1. The van der Waals surface area contributed by atoms with Gasteiger partial charge in [-0.05, 0) is 94.2 Å². The second kappa shape index (κ2) is 13.0. The van der Waals surface area contributed by atoms with E-state index in [1.54, 1.807) is 30.3 Å². The van der Waals surface area contributed by atoms with Gasteiger partial charge in [0.05, 0.1) is 0 Å². The van der Waals surface area contributed by atoms with Gasteiger partial charge in [-0.1, -0.05) is 6.42 Å². The van der Waals surface area contributed by atoms with Gasteiger partial charge in [-0.25, -0.2) is 4.39 Å². The molecule has 0 spiro atoms. The molecular formula is C29H36FN3O5. The average molecular weight is 526 g/mol. The van der Waals surface area contributed by atoms with E-state index in [2.05, 4.69) is 9.80 Å². The number of hydrogen-bond acceptors (Lipinski definition) is 7. The zero-order chi connectivity index (χ0) is 27.0. The summed E-state index contributed by atoms with van der Waals surface area (Å²) in [5, 5.41) is 0. The molecule has 8 nitrogen and oxygen atoms in total. The summed E-state index contributed by atoms with van der Waals surface area (Å²) < 4.78 is 23.1. The van der Waals surface area contributed by atoms with E-state index in [4.69, 9.17) is 15.2 Å². The highest BCUT2D eigenvalue weighted by molar-refractivity contribution is 5.96. The maximum atomic E-state index is 12.9. The fraction of sp³-hybridized carbons (Fsp3) is 0.483. The smallest absolute Gasteiger partial charge is 0.238 e. The van der Waals surface area contributed by atoms with Gasteiger partial charge in [0.1, 0.15) is 17.6 Å². The number of nitrogens with two attached hydrogens (primary N) is 1. The topological polar surface area (TPSA) is 102 Å².